The summed E-state index contributed by atoms with van der Waals surface area (Å²) in [4.78, 5) is 27.3. The van der Waals surface area contributed by atoms with Crippen LogP contribution in [0.15, 0.2) is 48.5 Å². The minimum atomic E-state index is -0.494. The molecule has 1 atom stereocenters. The Bertz CT molecular complexity index is 757. The highest BCUT2D eigenvalue weighted by Gasteiger charge is 2.28. The maximum atomic E-state index is 13.1. The zero-order valence-corrected chi connectivity index (χ0v) is 16.9. The maximum Gasteiger partial charge on any atom is 0.242 e. The first kappa shape index (κ1) is 21.0. The number of aryl methyl sites for hydroxylation is 1. The van der Waals surface area contributed by atoms with Gasteiger partial charge in [0.2, 0.25) is 11.8 Å². The lowest BCUT2D eigenvalue weighted by atomic mass is 10.1. The number of likely N-dealkylation sites (N-methyl/N-ethyl adjacent to an activating group) is 1. The molecule has 1 N–H and O–H groups in total. The molecule has 0 unspecified atom stereocenters. The number of carbonyl (C=O) groups excluding carboxylic acids is 2. The molecule has 0 spiro atoms. The normalized spacial score (nSPS) is 11.7. The van der Waals surface area contributed by atoms with Crippen molar-refractivity contribution in [3.8, 4) is 0 Å². The van der Waals surface area contributed by atoms with E-state index < -0.39 is 6.04 Å². The Labute approximate surface area is 166 Å². The minimum Gasteiger partial charge on any atom is -0.355 e. The number of carbonyl (C=O) groups is 2. The van der Waals surface area contributed by atoms with Crippen LogP contribution < -0.4 is 5.32 Å². The van der Waals surface area contributed by atoms with Crippen LogP contribution in [0.4, 0.5) is 0 Å². The van der Waals surface area contributed by atoms with Crippen LogP contribution in [0, 0.1) is 6.92 Å². The van der Waals surface area contributed by atoms with Gasteiger partial charge in [-0.2, -0.15) is 0 Å². The third-order valence-corrected chi connectivity index (χ3v) is 4.73. The number of nitrogens with zero attached hydrogens (tertiary/aromatic N) is 1. The summed E-state index contributed by atoms with van der Waals surface area (Å²) in [6.45, 7) is 6.78. The maximum absolute atomic E-state index is 13.1. The van der Waals surface area contributed by atoms with Crippen LogP contribution in [0.5, 0.6) is 0 Å². The molecule has 0 aromatic heterocycles. The molecule has 0 heterocycles. The summed E-state index contributed by atoms with van der Waals surface area (Å²) in [7, 11) is 0. The summed E-state index contributed by atoms with van der Waals surface area (Å²) in [5.41, 5.74) is 3.05. The fraction of sp³-hybridized carbons (Fsp3) is 0.364. The first-order valence-corrected chi connectivity index (χ1v) is 9.69. The van der Waals surface area contributed by atoms with Gasteiger partial charge < -0.3 is 10.2 Å². The summed E-state index contributed by atoms with van der Waals surface area (Å²) in [5.74, 6) is -0.187. The van der Waals surface area contributed by atoms with Gasteiger partial charge >= 0.3 is 0 Å². The lowest BCUT2D eigenvalue weighted by Gasteiger charge is -2.30. The third-order valence-electron chi connectivity index (χ3n) is 4.48. The molecular formula is C22H27ClN2O2. The Hall–Kier alpha value is -2.33. The van der Waals surface area contributed by atoms with Crippen LogP contribution in [-0.4, -0.2) is 29.3 Å². The number of rotatable bonds is 8. The Kier molecular flexibility index (Phi) is 7.86. The smallest absolute Gasteiger partial charge is 0.242 e. The zero-order chi connectivity index (χ0) is 19.8. The average Bonchev–Trinajstić information content (AvgIpc) is 2.65. The number of hydrogen-bond acceptors (Lipinski definition) is 2. The highest BCUT2D eigenvalue weighted by atomic mass is 35.5. The van der Waals surface area contributed by atoms with Crippen molar-refractivity contribution in [3.63, 3.8) is 0 Å². The quantitative estimate of drug-likeness (QED) is 0.741. The molecule has 144 valence electrons. The van der Waals surface area contributed by atoms with Gasteiger partial charge in [-0.15, -0.1) is 0 Å². The van der Waals surface area contributed by atoms with E-state index in [4.69, 9.17) is 11.6 Å². The van der Waals surface area contributed by atoms with E-state index in [2.05, 4.69) is 5.32 Å². The lowest BCUT2D eigenvalue weighted by molar-refractivity contribution is -0.140. The average molecular weight is 387 g/mol. The monoisotopic (exact) mass is 386 g/mol. The molecule has 2 rings (SSSR count). The summed E-state index contributed by atoms with van der Waals surface area (Å²) in [6, 6.07) is 14.8. The van der Waals surface area contributed by atoms with Crippen molar-refractivity contribution >= 4 is 23.4 Å². The van der Waals surface area contributed by atoms with Crippen molar-refractivity contribution < 1.29 is 9.59 Å². The van der Waals surface area contributed by atoms with Gasteiger partial charge in [-0.25, -0.2) is 0 Å². The molecule has 0 radical (unpaired) electrons. The van der Waals surface area contributed by atoms with E-state index in [1.54, 1.807) is 17.0 Å². The van der Waals surface area contributed by atoms with Crippen LogP contribution in [0.3, 0.4) is 0 Å². The molecule has 0 saturated heterocycles. The fourth-order valence-electron chi connectivity index (χ4n) is 2.98. The summed E-state index contributed by atoms with van der Waals surface area (Å²) >= 11 is 5.93. The van der Waals surface area contributed by atoms with Crippen molar-refractivity contribution in [3.05, 3.63) is 70.2 Å². The van der Waals surface area contributed by atoms with Gasteiger partial charge in [0.15, 0.2) is 0 Å². The Morgan fingerprint density at radius 3 is 2.15 bits per heavy atom. The zero-order valence-electron chi connectivity index (χ0n) is 16.2. The van der Waals surface area contributed by atoms with Crippen molar-refractivity contribution in [2.45, 2.75) is 46.2 Å². The fourth-order valence-corrected chi connectivity index (χ4v) is 3.11. The second-order valence-corrected chi connectivity index (χ2v) is 7.07. The van der Waals surface area contributed by atoms with E-state index in [9.17, 15) is 9.59 Å². The van der Waals surface area contributed by atoms with E-state index in [-0.39, 0.29) is 18.2 Å². The molecule has 0 bridgehead atoms. The van der Waals surface area contributed by atoms with Gasteiger partial charge in [0.25, 0.3) is 0 Å². The van der Waals surface area contributed by atoms with Gasteiger partial charge in [0.1, 0.15) is 6.04 Å². The van der Waals surface area contributed by atoms with Crippen molar-refractivity contribution in [1.82, 2.24) is 10.2 Å². The minimum absolute atomic E-state index is 0.0731. The molecule has 0 aliphatic carbocycles. The number of benzene rings is 2. The van der Waals surface area contributed by atoms with Crippen molar-refractivity contribution in [2.75, 3.05) is 6.54 Å². The SMILES string of the molecule is CCNC(=O)[C@H](CC)N(Cc1ccc(C)cc1)C(=O)Cc1ccc(Cl)cc1. The van der Waals surface area contributed by atoms with Gasteiger partial charge in [-0.3, -0.25) is 9.59 Å². The van der Waals surface area contributed by atoms with E-state index >= 15 is 0 Å². The Balaban J connectivity index is 2.25. The summed E-state index contributed by atoms with van der Waals surface area (Å²) in [6.07, 6.45) is 0.795. The number of nitrogens with one attached hydrogen (secondary N) is 1. The van der Waals surface area contributed by atoms with Gasteiger partial charge in [-0.1, -0.05) is 60.5 Å². The van der Waals surface area contributed by atoms with Crippen molar-refractivity contribution in [2.24, 2.45) is 0 Å². The van der Waals surface area contributed by atoms with Gasteiger partial charge in [-0.05, 0) is 43.5 Å². The molecule has 27 heavy (non-hydrogen) atoms. The lowest BCUT2D eigenvalue weighted by Crippen LogP contribution is -2.49. The molecule has 0 aliphatic rings. The summed E-state index contributed by atoms with van der Waals surface area (Å²) < 4.78 is 0. The van der Waals surface area contributed by atoms with Crippen LogP contribution in [0.2, 0.25) is 5.02 Å². The van der Waals surface area contributed by atoms with E-state index in [0.717, 1.165) is 16.7 Å². The molecule has 5 heteroatoms. The predicted octanol–water partition coefficient (Wildman–Crippen LogP) is 4.13. The number of halogens is 1. The van der Waals surface area contributed by atoms with Crippen LogP contribution >= 0.6 is 11.6 Å². The van der Waals surface area contributed by atoms with E-state index in [1.165, 1.54) is 0 Å². The van der Waals surface area contributed by atoms with E-state index in [1.807, 2.05) is 57.2 Å². The van der Waals surface area contributed by atoms with Crippen molar-refractivity contribution in [1.29, 1.82) is 0 Å². The van der Waals surface area contributed by atoms with Gasteiger partial charge in [0, 0.05) is 18.1 Å². The molecule has 2 amide bonds. The predicted molar refractivity (Wildman–Crippen MR) is 110 cm³/mol. The highest BCUT2D eigenvalue weighted by molar-refractivity contribution is 6.30. The molecule has 0 saturated carbocycles. The van der Waals surface area contributed by atoms with Gasteiger partial charge in [0.05, 0.1) is 6.42 Å². The highest BCUT2D eigenvalue weighted by Crippen LogP contribution is 2.16. The number of amides is 2. The second-order valence-electron chi connectivity index (χ2n) is 6.63. The Morgan fingerprint density at radius 1 is 1.00 bits per heavy atom. The molecular weight excluding hydrogens is 360 g/mol. The first-order valence-electron chi connectivity index (χ1n) is 9.31. The van der Waals surface area contributed by atoms with Crippen LogP contribution in [-0.2, 0) is 22.6 Å². The third kappa shape index (κ3) is 6.10. The second kappa shape index (κ2) is 10.1. The van der Waals surface area contributed by atoms with Crippen LogP contribution in [0.25, 0.3) is 0 Å². The molecule has 0 fully saturated rings. The molecule has 2 aromatic rings. The first-order chi connectivity index (χ1) is 12.9. The largest absolute Gasteiger partial charge is 0.355 e. The Morgan fingerprint density at radius 2 is 1.59 bits per heavy atom. The van der Waals surface area contributed by atoms with Crippen LogP contribution in [0.1, 0.15) is 37.0 Å². The molecule has 0 aliphatic heterocycles. The topological polar surface area (TPSA) is 49.4 Å². The summed E-state index contributed by atoms with van der Waals surface area (Å²) in [5, 5.41) is 3.48. The molecule has 2 aromatic carbocycles. The molecule has 4 nitrogen and oxygen atoms in total. The van der Waals surface area contributed by atoms with E-state index in [0.29, 0.717) is 24.5 Å². The standard InChI is InChI=1S/C22H27ClN2O2/c1-4-20(22(27)24-5-2)25(15-18-8-6-16(3)7-9-18)21(26)14-17-10-12-19(23)13-11-17/h6-13,20H,4-5,14-15H2,1-3H3,(H,24,27)/t20-/m0/s1. The number of hydrogen-bond donors (Lipinski definition) is 1.